The van der Waals surface area contributed by atoms with Crippen molar-refractivity contribution >= 4 is 29.1 Å². The van der Waals surface area contributed by atoms with Gasteiger partial charge in [0.25, 0.3) is 5.91 Å². The predicted molar refractivity (Wildman–Crippen MR) is 97.5 cm³/mol. The smallest absolute Gasteiger partial charge is 0.256 e. The van der Waals surface area contributed by atoms with Gasteiger partial charge in [-0.15, -0.1) is 10.2 Å². The molecule has 1 aromatic heterocycles. The first-order chi connectivity index (χ1) is 12.6. The average molecular weight is 375 g/mol. The van der Waals surface area contributed by atoms with Gasteiger partial charge in [0.1, 0.15) is 0 Å². The van der Waals surface area contributed by atoms with Gasteiger partial charge in [-0.05, 0) is 36.4 Å². The van der Waals surface area contributed by atoms with Crippen molar-refractivity contribution in [2.24, 2.45) is 0 Å². The third kappa shape index (κ3) is 3.65. The first-order valence-corrected chi connectivity index (χ1v) is 8.95. The molecule has 3 heterocycles. The van der Waals surface area contributed by atoms with Crippen LogP contribution in [0.25, 0.3) is 0 Å². The van der Waals surface area contributed by atoms with Crippen LogP contribution in [0.3, 0.4) is 0 Å². The summed E-state index contributed by atoms with van der Waals surface area (Å²) >= 11 is 5.83. The number of hydrogen-bond acceptors (Lipinski definition) is 6. The molecule has 1 aromatic carbocycles. The van der Waals surface area contributed by atoms with E-state index in [-0.39, 0.29) is 5.91 Å². The Kier molecular flexibility index (Phi) is 4.76. The van der Waals surface area contributed by atoms with Gasteiger partial charge in [-0.3, -0.25) is 4.79 Å². The lowest BCUT2D eigenvalue weighted by Gasteiger charge is -2.37. The van der Waals surface area contributed by atoms with Crippen LogP contribution in [0, 0.1) is 0 Å². The summed E-state index contributed by atoms with van der Waals surface area (Å²) in [5.74, 6) is 0.530. The number of halogens is 1. The fraction of sp³-hybridized carbons (Fsp3) is 0.389. The van der Waals surface area contributed by atoms with Crippen LogP contribution in [0.4, 0.5) is 11.6 Å². The van der Waals surface area contributed by atoms with Crippen LogP contribution in [-0.2, 0) is 9.47 Å². The molecular weight excluding hydrogens is 356 g/mol. The predicted octanol–water partition coefficient (Wildman–Crippen LogP) is 2.73. The van der Waals surface area contributed by atoms with E-state index in [4.69, 9.17) is 21.1 Å². The molecule has 0 bridgehead atoms. The first-order valence-electron chi connectivity index (χ1n) is 8.57. The van der Waals surface area contributed by atoms with Gasteiger partial charge < -0.3 is 19.7 Å². The number of nitrogens with zero attached hydrogens (tertiary/aromatic N) is 3. The zero-order chi connectivity index (χ0) is 18.0. The minimum atomic E-state index is -0.406. The number of rotatable bonds is 3. The molecule has 2 aliphatic heterocycles. The van der Waals surface area contributed by atoms with Gasteiger partial charge in [0.2, 0.25) is 0 Å². The summed E-state index contributed by atoms with van der Waals surface area (Å²) in [7, 11) is 0. The lowest BCUT2D eigenvalue weighted by atomic mass is 10.0. The minimum absolute atomic E-state index is 0.251. The number of anilines is 2. The van der Waals surface area contributed by atoms with E-state index in [0.717, 1.165) is 31.7 Å². The van der Waals surface area contributed by atoms with Gasteiger partial charge in [0, 0.05) is 36.5 Å². The molecule has 1 N–H and O–H groups in total. The van der Waals surface area contributed by atoms with Crippen LogP contribution in [0.1, 0.15) is 23.2 Å². The molecule has 4 rings (SSSR count). The molecular formula is C18H19ClN4O3. The highest BCUT2D eigenvalue weighted by Crippen LogP contribution is 2.32. The molecule has 1 amide bonds. The van der Waals surface area contributed by atoms with Gasteiger partial charge in [-0.1, -0.05) is 11.6 Å². The molecule has 2 aliphatic rings. The van der Waals surface area contributed by atoms with Crippen LogP contribution >= 0.6 is 11.6 Å². The summed E-state index contributed by atoms with van der Waals surface area (Å²) in [5.41, 5.74) is 0.512. The van der Waals surface area contributed by atoms with Crippen molar-refractivity contribution < 1.29 is 14.3 Å². The first kappa shape index (κ1) is 17.2. The third-order valence-corrected chi connectivity index (χ3v) is 4.91. The van der Waals surface area contributed by atoms with Crippen molar-refractivity contribution in [2.75, 3.05) is 36.5 Å². The maximum Gasteiger partial charge on any atom is 0.256 e. The number of carbonyl (C=O) groups excluding carboxylic acids is 1. The summed E-state index contributed by atoms with van der Waals surface area (Å²) in [4.78, 5) is 14.3. The Morgan fingerprint density at radius 2 is 1.73 bits per heavy atom. The number of benzene rings is 1. The van der Waals surface area contributed by atoms with Gasteiger partial charge in [0.15, 0.2) is 17.4 Å². The summed E-state index contributed by atoms with van der Waals surface area (Å²) in [6.45, 7) is 2.93. The van der Waals surface area contributed by atoms with E-state index in [2.05, 4.69) is 20.4 Å². The summed E-state index contributed by atoms with van der Waals surface area (Å²) < 4.78 is 11.5. The monoisotopic (exact) mass is 374 g/mol. The molecule has 2 aromatic rings. The molecule has 0 atom stereocenters. The van der Waals surface area contributed by atoms with Gasteiger partial charge in [-0.25, -0.2) is 0 Å². The highest BCUT2D eigenvalue weighted by molar-refractivity contribution is 6.30. The normalized spacial score (nSPS) is 18.9. The highest BCUT2D eigenvalue weighted by atomic mass is 35.5. The van der Waals surface area contributed by atoms with Crippen molar-refractivity contribution in [1.82, 2.24) is 10.2 Å². The number of amides is 1. The van der Waals surface area contributed by atoms with Crippen molar-refractivity contribution in [2.45, 2.75) is 18.6 Å². The standard InChI is InChI=1S/C18H19ClN4O3/c19-14-3-1-13(2-4-14)17(24)20-15-5-6-16(22-21-15)23-9-7-18(8-10-23)25-11-12-26-18/h1-6H,7-12H2,(H,20,21,24). The maximum absolute atomic E-state index is 12.2. The Morgan fingerprint density at radius 1 is 1.04 bits per heavy atom. The fourth-order valence-electron chi connectivity index (χ4n) is 3.21. The van der Waals surface area contributed by atoms with Crippen LogP contribution in [0.15, 0.2) is 36.4 Å². The molecule has 0 aliphatic carbocycles. The second kappa shape index (κ2) is 7.19. The molecule has 0 saturated carbocycles. The molecule has 26 heavy (non-hydrogen) atoms. The summed E-state index contributed by atoms with van der Waals surface area (Å²) in [5, 5.41) is 11.7. The van der Waals surface area contributed by atoms with Crippen LogP contribution in [0.2, 0.25) is 5.02 Å². The summed E-state index contributed by atoms with van der Waals surface area (Å²) in [6, 6.07) is 10.3. The second-order valence-corrected chi connectivity index (χ2v) is 6.77. The largest absolute Gasteiger partial charge is 0.355 e. The van der Waals surface area contributed by atoms with Crippen LogP contribution in [-0.4, -0.2) is 48.2 Å². The number of hydrogen-bond donors (Lipinski definition) is 1. The molecule has 8 heteroatoms. The van der Waals surface area contributed by atoms with Gasteiger partial charge in [0.05, 0.1) is 13.2 Å². The Morgan fingerprint density at radius 3 is 2.35 bits per heavy atom. The van der Waals surface area contributed by atoms with Gasteiger partial charge >= 0.3 is 0 Å². The number of piperidine rings is 1. The second-order valence-electron chi connectivity index (χ2n) is 6.33. The Labute approximate surface area is 156 Å². The topological polar surface area (TPSA) is 76.6 Å². The number of nitrogens with one attached hydrogen (secondary N) is 1. The van der Waals surface area contributed by atoms with E-state index in [1.807, 2.05) is 6.07 Å². The Hall–Kier alpha value is -2.22. The maximum atomic E-state index is 12.2. The summed E-state index contributed by atoms with van der Waals surface area (Å²) in [6.07, 6.45) is 1.62. The average Bonchev–Trinajstić information content (AvgIpc) is 3.12. The Balaban J connectivity index is 1.36. The zero-order valence-corrected chi connectivity index (χ0v) is 14.9. The molecule has 1 spiro atoms. The molecule has 0 unspecified atom stereocenters. The van der Waals surface area contributed by atoms with Crippen LogP contribution in [0.5, 0.6) is 0 Å². The van der Waals surface area contributed by atoms with Gasteiger partial charge in [-0.2, -0.15) is 0 Å². The van der Waals surface area contributed by atoms with E-state index in [9.17, 15) is 4.79 Å². The fourth-order valence-corrected chi connectivity index (χ4v) is 3.34. The quantitative estimate of drug-likeness (QED) is 0.890. The van der Waals surface area contributed by atoms with Crippen molar-refractivity contribution in [1.29, 1.82) is 0 Å². The zero-order valence-electron chi connectivity index (χ0n) is 14.2. The third-order valence-electron chi connectivity index (χ3n) is 4.66. The number of carbonyl (C=O) groups is 1. The molecule has 7 nitrogen and oxygen atoms in total. The Bertz CT molecular complexity index is 766. The van der Waals surface area contributed by atoms with Crippen molar-refractivity contribution in [3.63, 3.8) is 0 Å². The highest BCUT2D eigenvalue weighted by Gasteiger charge is 2.40. The minimum Gasteiger partial charge on any atom is -0.355 e. The molecule has 2 fully saturated rings. The molecule has 0 radical (unpaired) electrons. The number of aromatic nitrogens is 2. The van der Waals surface area contributed by atoms with Crippen molar-refractivity contribution in [3.8, 4) is 0 Å². The van der Waals surface area contributed by atoms with E-state index < -0.39 is 5.79 Å². The lowest BCUT2D eigenvalue weighted by molar-refractivity contribution is -0.169. The lowest BCUT2D eigenvalue weighted by Crippen LogP contribution is -2.45. The van der Waals surface area contributed by atoms with E-state index >= 15 is 0 Å². The van der Waals surface area contributed by atoms with E-state index in [1.54, 1.807) is 30.3 Å². The molecule has 136 valence electrons. The van der Waals surface area contributed by atoms with Crippen molar-refractivity contribution in [3.05, 3.63) is 47.0 Å². The van der Waals surface area contributed by atoms with E-state index in [1.165, 1.54) is 0 Å². The van der Waals surface area contributed by atoms with E-state index in [0.29, 0.717) is 29.6 Å². The SMILES string of the molecule is O=C(Nc1ccc(N2CCC3(CC2)OCCO3)nn1)c1ccc(Cl)cc1. The van der Waals surface area contributed by atoms with Crippen LogP contribution < -0.4 is 10.2 Å². The molecule has 2 saturated heterocycles. The number of ether oxygens (including phenoxy) is 2.